The summed E-state index contributed by atoms with van der Waals surface area (Å²) in [7, 11) is 1.65. The highest BCUT2D eigenvalue weighted by molar-refractivity contribution is 5.96. The summed E-state index contributed by atoms with van der Waals surface area (Å²) in [6, 6.07) is 14.3. The molecule has 0 saturated heterocycles. The molecule has 0 atom stereocenters. The third-order valence-corrected chi connectivity index (χ3v) is 5.47. The predicted molar refractivity (Wildman–Crippen MR) is 116 cm³/mol. The molecule has 148 valence electrons. The molecule has 0 aliphatic heterocycles. The predicted octanol–water partition coefficient (Wildman–Crippen LogP) is 4.65. The van der Waals surface area contributed by atoms with Crippen molar-refractivity contribution in [1.29, 1.82) is 0 Å². The van der Waals surface area contributed by atoms with Crippen LogP contribution in [0.5, 0.6) is 11.5 Å². The fraction of sp³-hybridized carbons (Fsp3) is 0.261. The molecule has 1 aliphatic rings. The number of hydrogen-bond donors (Lipinski definition) is 3. The highest BCUT2D eigenvalue weighted by Gasteiger charge is 2.39. The lowest BCUT2D eigenvalue weighted by Gasteiger charge is -2.16. The molecule has 5 rings (SSSR count). The minimum atomic E-state index is -0.188. The molecule has 4 aromatic rings. The van der Waals surface area contributed by atoms with Crippen LogP contribution in [0.1, 0.15) is 18.5 Å². The maximum Gasteiger partial charge on any atom is 0.163 e. The molecule has 1 saturated carbocycles. The number of aromatic amines is 1. The Morgan fingerprint density at radius 2 is 2.00 bits per heavy atom. The summed E-state index contributed by atoms with van der Waals surface area (Å²) in [6.45, 7) is 2.55. The Morgan fingerprint density at radius 3 is 2.79 bits per heavy atom. The Labute approximate surface area is 169 Å². The number of methoxy groups -OCH3 is 1. The second-order valence-corrected chi connectivity index (χ2v) is 7.91. The van der Waals surface area contributed by atoms with E-state index in [0.29, 0.717) is 18.1 Å². The SMILES string of the molecule is COc1cc2c(Nc3ccc4[nH]c(C)cc4c3)ccnc2cc1OCC1(N)CC1. The van der Waals surface area contributed by atoms with E-state index in [1.807, 2.05) is 18.2 Å². The van der Waals surface area contributed by atoms with Gasteiger partial charge in [0.2, 0.25) is 0 Å². The number of nitrogens with two attached hydrogens (primary N) is 1. The lowest BCUT2D eigenvalue weighted by atomic mass is 10.1. The molecule has 6 nitrogen and oxygen atoms in total. The van der Waals surface area contributed by atoms with Crippen molar-refractivity contribution in [2.75, 3.05) is 19.0 Å². The lowest BCUT2D eigenvalue weighted by molar-refractivity contribution is 0.264. The molecule has 0 spiro atoms. The highest BCUT2D eigenvalue weighted by Crippen LogP contribution is 2.38. The first-order valence-corrected chi connectivity index (χ1v) is 9.78. The molecular weight excluding hydrogens is 364 g/mol. The summed E-state index contributed by atoms with van der Waals surface area (Å²) in [5.74, 6) is 1.35. The van der Waals surface area contributed by atoms with Crippen LogP contribution in [0, 0.1) is 6.92 Å². The molecule has 1 aliphatic carbocycles. The van der Waals surface area contributed by atoms with Crippen LogP contribution >= 0.6 is 0 Å². The van der Waals surface area contributed by atoms with Crippen LogP contribution in [0.3, 0.4) is 0 Å². The molecule has 6 heteroatoms. The second-order valence-electron chi connectivity index (χ2n) is 7.91. The zero-order chi connectivity index (χ0) is 20.0. The average Bonchev–Trinajstić information content (AvgIpc) is 3.33. The van der Waals surface area contributed by atoms with E-state index >= 15 is 0 Å². The van der Waals surface area contributed by atoms with E-state index < -0.39 is 0 Å². The van der Waals surface area contributed by atoms with Crippen LogP contribution < -0.4 is 20.5 Å². The van der Waals surface area contributed by atoms with E-state index in [4.69, 9.17) is 15.2 Å². The quantitative estimate of drug-likeness (QED) is 0.448. The Morgan fingerprint density at radius 1 is 1.14 bits per heavy atom. The maximum absolute atomic E-state index is 6.16. The normalized spacial score (nSPS) is 14.9. The van der Waals surface area contributed by atoms with Gasteiger partial charge in [-0.15, -0.1) is 0 Å². The van der Waals surface area contributed by atoms with Gasteiger partial charge in [0.1, 0.15) is 6.61 Å². The topological polar surface area (TPSA) is 85.2 Å². The minimum absolute atomic E-state index is 0.188. The smallest absolute Gasteiger partial charge is 0.163 e. The van der Waals surface area contributed by atoms with Crippen molar-refractivity contribution >= 4 is 33.2 Å². The van der Waals surface area contributed by atoms with Crippen molar-refractivity contribution in [2.45, 2.75) is 25.3 Å². The molecule has 0 unspecified atom stereocenters. The third kappa shape index (κ3) is 3.47. The zero-order valence-electron chi connectivity index (χ0n) is 16.6. The number of rotatable bonds is 6. The Kier molecular flexibility index (Phi) is 4.10. The van der Waals surface area contributed by atoms with Crippen molar-refractivity contribution in [3.8, 4) is 11.5 Å². The number of aromatic nitrogens is 2. The van der Waals surface area contributed by atoms with E-state index in [1.54, 1.807) is 13.3 Å². The van der Waals surface area contributed by atoms with Gasteiger partial charge in [-0.3, -0.25) is 4.98 Å². The zero-order valence-corrected chi connectivity index (χ0v) is 16.6. The molecule has 1 fully saturated rings. The van der Waals surface area contributed by atoms with Gasteiger partial charge in [-0.05, 0) is 56.2 Å². The summed E-state index contributed by atoms with van der Waals surface area (Å²) in [6.07, 6.45) is 3.80. The summed E-state index contributed by atoms with van der Waals surface area (Å²) in [5, 5.41) is 5.66. The van der Waals surface area contributed by atoms with Crippen molar-refractivity contribution in [3.63, 3.8) is 0 Å². The van der Waals surface area contributed by atoms with E-state index in [2.05, 4.69) is 46.5 Å². The number of nitrogens with one attached hydrogen (secondary N) is 2. The monoisotopic (exact) mass is 388 g/mol. The van der Waals surface area contributed by atoms with Crippen LogP contribution in [0.2, 0.25) is 0 Å². The standard InChI is InChI=1S/C23H24N4O2/c1-14-9-15-10-16(3-4-18(15)26-14)27-19-5-8-25-20-12-22(21(28-2)11-17(19)20)29-13-23(24)6-7-23/h3-5,8-12,26H,6-7,13,24H2,1-2H3,(H,25,27). The maximum atomic E-state index is 6.16. The number of anilines is 2. The molecule has 0 radical (unpaired) electrons. The van der Waals surface area contributed by atoms with Crippen LogP contribution in [0.4, 0.5) is 11.4 Å². The van der Waals surface area contributed by atoms with Gasteiger partial charge in [0.25, 0.3) is 0 Å². The van der Waals surface area contributed by atoms with E-state index in [9.17, 15) is 0 Å². The van der Waals surface area contributed by atoms with Crippen molar-refractivity contribution in [3.05, 3.63) is 54.4 Å². The van der Waals surface area contributed by atoms with Crippen molar-refractivity contribution < 1.29 is 9.47 Å². The van der Waals surface area contributed by atoms with Crippen molar-refractivity contribution in [1.82, 2.24) is 9.97 Å². The van der Waals surface area contributed by atoms with Crippen molar-refractivity contribution in [2.24, 2.45) is 5.73 Å². The van der Waals surface area contributed by atoms with Crippen LogP contribution in [-0.2, 0) is 0 Å². The van der Waals surface area contributed by atoms with E-state index in [-0.39, 0.29) is 5.54 Å². The van der Waals surface area contributed by atoms with Crippen LogP contribution in [-0.4, -0.2) is 29.2 Å². The number of pyridine rings is 1. The number of benzene rings is 2. The van der Waals surface area contributed by atoms with Gasteiger partial charge in [0.05, 0.1) is 18.2 Å². The summed E-state index contributed by atoms with van der Waals surface area (Å²) in [4.78, 5) is 7.87. The number of fused-ring (bicyclic) bond motifs is 2. The summed E-state index contributed by atoms with van der Waals surface area (Å²) >= 11 is 0. The molecule has 2 heterocycles. The number of ether oxygens (including phenoxy) is 2. The fourth-order valence-electron chi connectivity index (χ4n) is 3.57. The van der Waals surface area contributed by atoms with E-state index in [0.717, 1.165) is 46.3 Å². The summed E-state index contributed by atoms with van der Waals surface area (Å²) in [5.41, 5.74) is 11.1. The molecule has 2 aromatic carbocycles. The molecule has 4 N–H and O–H groups in total. The van der Waals surface area contributed by atoms with Gasteiger partial charge in [0.15, 0.2) is 11.5 Å². The van der Waals surface area contributed by atoms with Gasteiger partial charge in [-0.2, -0.15) is 0 Å². The molecular formula is C23H24N4O2. The number of H-pyrrole nitrogens is 1. The Hall–Kier alpha value is -3.25. The van der Waals surface area contributed by atoms with Crippen LogP contribution in [0.25, 0.3) is 21.8 Å². The molecule has 0 amide bonds. The minimum Gasteiger partial charge on any atom is -0.493 e. The number of aryl methyl sites for hydroxylation is 1. The second kappa shape index (κ2) is 6.67. The highest BCUT2D eigenvalue weighted by atomic mass is 16.5. The Balaban J connectivity index is 1.49. The molecule has 0 bridgehead atoms. The van der Waals surface area contributed by atoms with Gasteiger partial charge >= 0.3 is 0 Å². The fourth-order valence-corrected chi connectivity index (χ4v) is 3.57. The first kappa shape index (κ1) is 17.8. The lowest BCUT2D eigenvalue weighted by Crippen LogP contribution is -2.29. The third-order valence-electron chi connectivity index (χ3n) is 5.47. The largest absolute Gasteiger partial charge is 0.493 e. The van der Waals surface area contributed by atoms with Gasteiger partial charge in [0, 0.05) is 45.6 Å². The number of nitrogens with zero attached hydrogens (tertiary/aromatic N) is 1. The van der Waals surface area contributed by atoms with E-state index in [1.165, 1.54) is 5.39 Å². The number of hydrogen-bond acceptors (Lipinski definition) is 5. The van der Waals surface area contributed by atoms with Crippen LogP contribution in [0.15, 0.2) is 48.7 Å². The van der Waals surface area contributed by atoms with Gasteiger partial charge in [-0.25, -0.2) is 0 Å². The van der Waals surface area contributed by atoms with Gasteiger partial charge < -0.3 is 25.5 Å². The van der Waals surface area contributed by atoms with Gasteiger partial charge in [-0.1, -0.05) is 0 Å². The summed E-state index contributed by atoms with van der Waals surface area (Å²) < 4.78 is 11.5. The first-order valence-electron chi connectivity index (χ1n) is 9.78. The molecule has 29 heavy (non-hydrogen) atoms. The Bertz CT molecular complexity index is 1210. The first-order chi connectivity index (χ1) is 14.0. The molecule has 2 aromatic heterocycles. The average molecular weight is 388 g/mol.